The first-order valence-electron chi connectivity index (χ1n) is 8.39. The van der Waals surface area contributed by atoms with Gasteiger partial charge in [0.1, 0.15) is 5.82 Å². The summed E-state index contributed by atoms with van der Waals surface area (Å²) in [4.78, 5) is 5.69. The van der Waals surface area contributed by atoms with Crippen LogP contribution in [-0.4, -0.2) is 5.71 Å². The molecule has 2 nitrogen and oxygen atoms in total. The maximum absolute atomic E-state index is 13.0. The molecule has 0 saturated carbocycles. The Hall–Kier alpha value is -3.16. The van der Waals surface area contributed by atoms with Gasteiger partial charge in [-0.3, -0.25) is 0 Å². The number of aryl methyl sites for hydroxylation is 1. The van der Waals surface area contributed by atoms with Crippen molar-refractivity contribution in [2.24, 2.45) is 4.99 Å². The molecule has 3 rings (SSSR count). The van der Waals surface area contributed by atoms with Crippen LogP contribution in [0.5, 0.6) is 0 Å². The van der Waals surface area contributed by atoms with Crippen molar-refractivity contribution in [2.45, 2.75) is 11.8 Å². The molecule has 0 spiro atoms. The molecular formula is C23H17FN2S. The summed E-state index contributed by atoms with van der Waals surface area (Å²) < 4.78 is 13.0. The van der Waals surface area contributed by atoms with Crippen molar-refractivity contribution < 1.29 is 4.39 Å². The number of aliphatic imine (C=N–C) groups is 1. The Labute approximate surface area is 162 Å². The molecule has 27 heavy (non-hydrogen) atoms. The molecule has 0 aliphatic carbocycles. The number of benzene rings is 3. The molecule has 0 aliphatic rings. The van der Waals surface area contributed by atoms with Gasteiger partial charge >= 0.3 is 0 Å². The average molecular weight is 372 g/mol. The third-order valence-corrected chi connectivity index (χ3v) is 4.65. The van der Waals surface area contributed by atoms with Gasteiger partial charge in [-0.15, -0.1) is 0 Å². The van der Waals surface area contributed by atoms with E-state index in [1.54, 1.807) is 24.3 Å². The Bertz CT molecular complexity index is 996. The number of hydrogen-bond acceptors (Lipinski definition) is 3. The van der Waals surface area contributed by atoms with Crippen LogP contribution in [0.4, 0.5) is 10.1 Å². The smallest absolute Gasteiger partial charge is 0.123 e. The number of allylic oxidation sites excluding steroid dienone is 1. The van der Waals surface area contributed by atoms with Gasteiger partial charge < -0.3 is 0 Å². The minimum atomic E-state index is -0.248. The predicted octanol–water partition coefficient (Wildman–Crippen LogP) is 6.43. The normalized spacial score (nSPS) is 11.5. The van der Waals surface area contributed by atoms with Crippen LogP contribution in [-0.2, 0) is 0 Å². The highest BCUT2D eigenvalue weighted by Gasteiger charge is 2.02. The molecule has 0 fully saturated rings. The number of nitriles is 1. The van der Waals surface area contributed by atoms with E-state index in [-0.39, 0.29) is 5.82 Å². The number of nitrogens with zero attached hydrogens (tertiary/aromatic N) is 2. The highest BCUT2D eigenvalue weighted by molar-refractivity contribution is 8.02. The average Bonchev–Trinajstić information content (AvgIpc) is 2.70. The van der Waals surface area contributed by atoms with Crippen LogP contribution in [0.25, 0.3) is 0 Å². The second kappa shape index (κ2) is 8.98. The predicted molar refractivity (Wildman–Crippen MR) is 110 cm³/mol. The third-order valence-electron chi connectivity index (χ3n) is 3.84. The third kappa shape index (κ3) is 5.40. The number of hydrogen-bond donors (Lipinski definition) is 0. The highest BCUT2D eigenvalue weighted by Crippen LogP contribution is 2.21. The van der Waals surface area contributed by atoms with Crippen LogP contribution in [0.2, 0.25) is 0 Å². The quantitative estimate of drug-likeness (QED) is 0.382. The van der Waals surface area contributed by atoms with Gasteiger partial charge in [0.15, 0.2) is 0 Å². The summed E-state index contributed by atoms with van der Waals surface area (Å²) >= 11 is 1.49. The molecule has 0 aromatic heterocycles. The topological polar surface area (TPSA) is 36.1 Å². The van der Waals surface area contributed by atoms with Crippen molar-refractivity contribution in [3.05, 3.63) is 107 Å². The molecule has 4 heteroatoms. The zero-order valence-electron chi connectivity index (χ0n) is 14.8. The Kier molecular flexibility index (Phi) is 6.19. The first-order valence-corrected chi connectivity index (χ1v) is 9.27. The Morgan fingerprint density at radius 3 is 2.26 bits per heavy atom. The van der Waals surface area contributed by atoms with E-state index in [0.29, 0.717) is 5.56 Å². The van der Waals surface area contributed by atoms with E-state index in [1.165, 1.54) is 29.5 Å². The molecule has 0 saturated heterocycles. The van der Waals surface area contributed by atoms with Crippen LogP contribution in [0.15, 0.2) is 94.2 Å². The summed E-state index contributed by atoms with van der Waals surface area (Å²) in [6.07, 6.45) is 1.93. The van der Waals surface area contributed by atoms with E-state index in [1.807, 2.05) is 54.8 Å². The summed E-state index contributed by atoms with van der Waals surface area (Å²) in [6.45, 7) is 2.04. The molecular weight excluding hydrogens is 355 g/mol. The van der Waals surface area contributed by atoms with Gasteiger partial charge in [0, 0.05) is 10.5 Å². The van der Waals surface area contributed by atoms with Gasteiger partial charge in [0.25, 0.3) is 0 Å². The van der Waals surface area contributed by atoms with E-state index in [2.05, 4.69) is 6.07 Å². The Morgan fingerprint density at radius 1 is 0.963 bits per heavy atom. The lowest BCUT2D eigenvalue weighted by Gasteiger charge is -2.04. The molecule has 132 valence electrons. The fourth-order valence-electron chi connectivity index (χ4n) is 2.36. The molecule has 3 aromatic rings. The van der Waals surface area contributed by atoms with E-state index in [4.69, 9.17) is 10.3 Å². The molecule has 0 radical (unpaired) electrons. The fourth-order valence-corrected chi connectivity index (χ4v) is 3.01. The van der Waals surface area contributed by atoms with Gasteiger partial charge in [-0.1, -0.05) is 41.6 Å². The van der Waals surface area contributed by atoms with E-state index in [9.17, 15) is 4.39 Å². The van der Waals surface area contributed by atoms with Crippen molar-refractivity contribution in [2.75, 3.05) is 0 Å². The maximum Gasteiger partial charge on any atom is 0.123 e. The number of thioether (sulfide) groups is 1. The molecule has 0 N–H and O–H groups in total. The highest BCUT2D eigenvalue weighted by atomic mass is 32.2. The van der Waals surface area contributed by atoms with Gasteiger partial charge in [0.2, 0.25) is 0 Å². The second-order valence-electron chi connectivity index (χ2n) is 5.90. The zero-order chi connectivity index (χ0) is 19.1. The lowest BCUT2D eigenvalue weighted by molar-refractivity contribution is 0.626. The number of halogens is 1. The largest absolute Gasteiger partial charge is 0.248 e. The van der Waals surface area contributed by atoms with Crippen molar-refractivity contribution >= 4 is 23.2 Å². The van der Waals surface area contributed by atoms with E-state index in [0.717, 1.165) is 21.9 Å². The fraction of sp³-hybridized carbons (Fsp3) is 0.0435. The Morgan fingerprint density at radius 2 is 1.63 bits per heavy atom. The van der Waals surface area contributed by atoms with Gasteiger partial charge in [-0.2, -0.15) is 5.26 Å². The summed E-state index contributed by atoms with van der Waals surface area (Å²) in [7, 11) is 0. The standard InChI is InChI=1S/C23H17FN2S/c1-17-2-10-21(11-3-17)26-23(19-6-4-18(16-25)5-7-19)14-15-27-22-12-8-20(24)9-13-22/h2-15H,1H3. The lowest BCUT2D eigenvalue weighted by Crippen LogP contribution is -1.96. The molecule has 0 aliphatic heterocycles. The van der Waals surface area contributed by atoms with Crippen molar-refractivity contribution in [1.82, 2.24) is 0 Å². The van der Waals surface area contributed by atoms with Crippen molar-refractivity contribution in [3.63, 3.8) is 0 Å². The Balaban J connectivity index is 1.88. The van der Waals surface area contributed by atoms with Crippen LogP contribution in [0.3, 0.4) is 0 Å². The maximum atomic E-state index is 13.0. The van der Waals surface area contributed by atoms with Crippen LogP contribution >= 0.6 is 11.8 Å². The SMILES string of the molecule is Cc1ccc(N=C(C=CSc2ccc(F)cc2)c2ccc(C#N)cc2)cc1. The van der Waals surface area contributed by atoms with Crippen molar-refractivity contribution in [1.29, 1.82) is 5.26 Å². The molecule has 0 heterocycles. The minimum absolute atomic E-state index is 0.248. The van der Waals surface area contributed by atoms with Crippen LogP contribution in [0, 0.1) is 24.1 Å². The monoisotopic (exact) mass is 372 g/mol. The molecule has 3 aromatic carbocycles. The molecule has 0 unspecified atom stereocenters. The van der Waals surface area contributed by atoms with Crippen LogP contribution < -0.4 is 0 Å². The zero-order valence-corrected chi connectivity index (χ0v) is 15.6. The summed E-state index contributed by atoms with van der Waals surface area (Å²) in [5.74, 6) is -0.248. The van der Waals surface area contributed by atoms with E-state index < -0.39 is 0 Å². The number of rotatable bonds is 5. The lowest BCUT2D eigenvalue weighted by atomic mass is 10.1. The first-order chi connectivity index (χ1) is 13.1. The summed E-state index contributed by atoms with van der Waals surface area (Å²) in [5.41, 5.74) is 4.36. The van der Waals surface area contributed by atoms with Crippen molar-refractivity contribution in [3.8, 4) is 6.07 Å². The molecule has 0 amide bonds. The van der Waals surface area contributed by atoms with Crippen LogP contribution in [0.1, 0.15) is 16.7 Å². The molecule has 0 bridgehead atoms. The summed E-state index contributed by atoms with van der Waals surface area (Å²) in [5, 5.41) is 10.9. The summed E-state index contributed by atoms with van der Waals surface area (Å²) in [6, 6.07) is 23.8. The molecule has 0 atom stereocenters. The van der Waals surface area contributed by atoms with E-state index >= 15 is 0 Å². The van der Waals surface area contributed by atoms with Gasteiger partial charge in [-0.05, 0) is 66.9 Å². The first kappa shape index (κ1) is 18.6. The van der Waals surface area contributed by atoms with Gasteiger partial charge in [-0.25, -0.2) is 9.38 Å². The minimum Gasteiger partial charge on any atom is -0.248 e. The van der Waals surface area contributed by atoms with Gasteiger partial charge in [0.05, 0.1) is 23.0 Å². The second-order valence-corrected chi connectivity index (χ2v) is 6.88.